The Balaban J connectivity index is 1.80. The van der Waals surface area contributed by atoms with Crippen LogP contribution < -0.4 is 5.32 Å². The van der Waals surface area contributed by atoms with E-state index >= 15 is 0 Å². The van der Waals surface area contributed by atoms with Crippen LogP contribution in [0.5, 0.6) is 0 Å². The van der Waals surface area contributed by atoms with Crippen molar-refractivity contribution in [2.45, 2.75) is 32.4 Å². The van der Waals surface area contributed by atoms with Gasteiger partial charge in [-0.2, -0.15) is 0 Å². The number of nitrogens with one attached hydrogen (secondary N) is 1. The topological polar surface area (TPSA) is 32.3 Å². The second kappa shape index (κ2) is 4.91. The standard InChI is InChI=1S/C15H19NO/c1-15(2)13(11-14(15)17)16-10-6-9-12-7-4-3-5-8-12/h3-5,7-8,13-14,16-17H,10-11H2,1-2H3. The van der Waals surface area contributed by atoms with Gasteiger partial charge in [-0.3, -0.25) is 0 Å². The summed E-state index contributed by atoms with van der Waals surface area (Å²) in [5.41, 5.74) is 1.02. The van der Waals surface area contributed by atoms with Gasteiger partial charge in [0.05, 0.1) is 12.6 Å². The van der Waals surface area contributed by atoms with Crippen molar-refractivity contribution in [1.29, 1.82) is 0 Å². The van der Waals surface area contributed by atoms with E-state index in [0.717, 1.165) is 12.0 Å². The molecule has 0 radical (unpaired) electrons. The zero-order valence-corrected chi connectivity index (χ0v) is 10.4. The number of rotatable bonds is 2. The Morgan fingerprint density at radius 3 is 2.65 bits per heavy atom. The van der Waals surface area contributed by atoms with Crippen LogP contribution in [0.15, 0.2) is 30.3 Å². The summed E-state index contributed by atoms with van der Waals surface area (Å²) in [7, 11) is 0. The van der Waals surface area contributed by atoms with E-state index in [2.05, 4.69) is 31.0 Å². The van der Waals surface area contributed by atoms with Crippen LogP contribution >= 0.6 is 0 Å². The highest BCUT2D eigenvalue weighted by Gasteiger charge is 2.46. The summed E-state index contributed by atoms with van der Waals surface area (Å²) in [4.78, 5) is 0. The Morgan fingerprint density at radius 2 is 2.06 bits per heavy atom. The van der Waals surface area contributed by atoms with E-state index in [1.54, 1.807) is 0 Å². The van der Waals surface area contributed by atoms with Crippen molar-refractivity contribution in [3.63, 3.8) is 0 Å². The van der Waals surface area contributed by atoms with Crippen molar-refractivity contribution in [2.24, 2.45) is 5.41 Å². The van der Waals surface area contributed by atoms with E-state index in [1.165, 1.54) is 0 Å². The second-order valence-electron chi connectivity index (χ2n) is 5.17. The van der Waals surface area contributed by atoms with Crippen LogP contribution in [0.3, 0.4) is 0 Å². The predicted octanol–water partition coefficient (Wildman–Crippen LogP) is 1.79. The first-order chi connectivity index (χ1) is 8.10. The van der Waals surface area contributed by atoms with E-state index in [1.807, 2.05) is 30.3 Å². The van der Waals surface area contributed by atoms with Gasteiger partial charge in [0, 0.05) is 17.0 Å². The van der Waals surface area contributed by atoms with Crippen molar-refractivity contribution in [3.8, 4) is 11.8 Å². The fourth-order valence-electron chi connectivity index (χ4n) is 2.09. The molecule has 1 saturated carbocycles. The summed E-state index contributed by atoms with van der Waals surface area (Å²) in [6.07, 6.45) is 0.655. The van der Waals surface area contributed by atoms with Gasteiger partial charge in [-0.05, 0) is 18.6 Å². The largest absolute Gasteiger partial charge is 0.392 e. The predicted molar refractivity (Wildman–Crippen MR) is 69.5 cm³/mol. The lowest BCUT2D eigenvalue weighted by Crippen LogP contribution is -2.59. The minimum absolute atomic E-state index is 0.0194. The first-order valence-electron chi connectivity index (χ1n) is 6.06. The van der Waals surface area contributed by atoms with Gasteiger partial charge in [-0.15, -0.1) is 0 Å². The van der Waals surface area contributed by atoms with Crippen LogP contribution in [0.1, 0.15) is 25.8 Å². The van der Waals surface area contributed by atoms with Crippen molar-refractivity contribution in [2.75, 3.05) is 6.54 Å². The summed E-state index contributed by atoms with van der Waals surface area (Å²) >= 11 is 0. The molecular weight excluding hydrogens is 210 g/mol. The third-order valence-corrected chi connectivity index (χ3v) is 3.66. The van der Waals surface area contributed by atoms with E-state index in [0.29, 0.717) is 12.6 Å². The number of aliphatic hydroxyl groups excluding tert-OH is 1. The molecule has 2 rings (SSSR count). The fraction of sp³-hybridized carbons (Fsp3) is 0.467. The molecule has 2 heteroatoms. The van der Waals surface area contributed by atoms with Crippen LogP contribution in [0.4, 0.5) is 0 Å². The Kier molecular flexibility index (Phi) is 3.51. The molecule has 90 valence electrons. The zero-order chi connectivity index (χ0) is 12.3. The van der Waals surface area contributed by atoms with Gasteiger partial charge in [0.25, 0.3) is 0 Å². The molecule has 0 spiro atoms. The highest BCUT2D eigenvalue weighted by Crippen LogP contribution is 2.40. The zero-order valence-electron chi connectivity index (χ0n) is 10.4. The van der Waals surface area contributed by atoms with Gasteiger partial charge in [-0.25, -0.2) is 0 Å². The molecule has 1 aliphatic carbocycles. The molecule has 2 atom stereocenters. The number of hydrogen-bond donors (Lipinski definition) is 2. The molecular formula is C15H19NO. The highest BCUT2D eigenvalue weighted by molar-refractivity contribution is 5.33. The van der Waals surface area contributed by atoms with E-state index in [9.17, 15) is 5.11 Å². The SMILES string of the molecule is CC1(C)C(O)CC1NCC#Cc1ccccc1. The number of aliphatic hydroxyl groups is 1. The molecule has 0 saturated heterocycles. The minimum atomic E-state index is -0.179. The summed E-state index contributed by atoms with van der Waals surface area (Å²) in [5.74, 6) is 6.22. The molecule has 0 heterocycles. The maximum Gasteiger partial charge on any atom is 0.0621 e. The van der Waals surface area contributed by atoms with E-state index in [4.69, 9.17) is 0 Å². The molecule has 2 nitrogen and oxygen atoms in total. The van der Waals surface area contributed by atoms with Gasteiger partial charge in [0.15, 0.2) is 0 Å². The molecule has 0 aliphatic heterocycles. The third kappa shape index (κ3) is 2.69. The van der Waals surface area contributed by atoms with Crippen LogP contribution in [-0.4, -0.2) is 23.8 Å². The molecule has 0 bridgehead atoms. The second-order valence-corrected chi connectivity index (χ2v) is 5.17. The summed E-state index contributed by atoms with van der Waals surface area (Å²) in [6, 6.07) is 10.4. The van der Waals surface area contributed by atoms with Gasteiger partial charge < -0.3 is 10.4 Å². The maximum absolute atomic E-state index is 9.60. The van der Waals surface area contributed by atoms with Crippen LogP contribution in [-0.2, 0) is 0 Å². The lowest BCUT2D eigenvalue weighted by Gasteiger charge is -2.49. The number of hydrogen-bond acceptors (Lipinski definition) is 2. The molecule has 17 heavy (non-hydrogen) atoms. The molecule has 0 amide bonds. The highest BCUT2D eigenvalue weighted by atomic mass is 16.3. The lowest BCUT2D eigenvalue weighted by molar-refractivity contribution is -0.0710. The summed E-state index contributed by atoms with van der Waals surface area (Å²) < 4.78 is 0. The van der Waals surface area contributed by atoms with Crippen molar-refractivity contribution in [3.05, 3.63) is 35.9 Å². The van der Waals surface area contributed by atoms with Crippen LogP contribution in [0.25, 0.3) is 0 Å². The van der Waals surface area contributed by atoms with Gasteiger partial charge >= 0.3 is 0 Å². The Morgan fingerprint density at radius 1 is 1.35 bits per heavy atom. The first-order valence-corrected chi connectivity index (χ1v) is 6.06. The van der Waals surface area contributed by atoms with Crippen molar-refractivity contribution >= 4 is 0 Å². The monoisotopic (exact) mass is 229 g/mol. The van der Waals surface area contributed by atoms with Crippen LogP contribution in [0, 0.1) is 17.3 Å². The Bertz CT molecular complexity index is 427. The Labute approximate surface area is 103 Å². The maximum atomic E-state index is 9.60. The minimum Gasteiger partial charge on any atom is -0.392 e. The van der Waals surface area contributed by atoms with Crippen LogP contribution in [0.2, 0.25) is 0 Å². The molecule has 2 unspecified atom stereocenters. The van der Waals surface area contributed by atoms with Gasteiger partial charge in [0.1, 0.15) is 0 Å². The average Bonchev–Trinajstić information content (AvgIpc) is 2.34. The van der Waals surface area contributed by atoms with E-state index in [-0.39, 0.29) is 11.5 Å². The molecule has 1 aromatic rings. The molecule has 1 aromatic carbocycles. The molecule has 1 fully saturated rings. The number of benzene rings is 1. The molecule has 1 aliphatic rings. The molecule has 2 N–H and O–H groups in total. The van der Waals surface area contributed by atoms with Crippen molar-refractivity contribution < 1.29 is 5.11 Å². The first kappa shape index (κ1) is 12.2. The van der Waals surface area contributed by atoms with Crippen molar-refractivity contribution in [1.82, 2.24) is 5.32 Å². The fourth-order valence-corrected chi connectivity index (χ4v) is 2.09. The lowest BCUT2D eigenvalue weighted by atomic mass is 9.64. The quantitative estimate of drug-likeness (QED) is 0.758. The third-order valence-electron chi connectivity index (χ3n) is 3.66. The van der Waals surface area contributed by atoms with E-state index < -0.39 is 0 Å². The normalized spacial score (nSPS) is 25.6. The summed E-state index contributed by atoms with van der Waals surface area (Å²) in [5, 5.41) is 13.0. The molecule has 0 aromatic heterocycles. The Hall–Kier alpha value is -1.30. The van der Waals surface area contributed by atoms with Gasteiger partial charge in [0.2, 0.25) is 0 Å². The van der Waals surface area contributed by atoms with Gasteiger partial charge in [-0.1, -0.05) is 43.9 Å². The average molecular weight is 229 g/mol. The summed E-state index contributed by atoms with van der Waals surface area (Å²) in [6.45, 7) is 4.85. The smallest absolute Gasteiger partial charge is 0.0621 e.